The zero-order valence-corrected chi connectivity index (χ0v) is 15.9. The van der Waals surface area contributed by atoms with Crippen molar-refractivity contribution in [1.29, 1.82) is 0 Å². The van der Waals surface area contributed by atoms with Gasteiger partial charge in [0.1, 0.15) is 0 Å². The molecule has 0 aliphatic rings. The summed E-state index contributed by atoms with van der Waals surface area (Å²) in [6, 6.07) is 31.0. The lowest BCUT2D eigenvalue weighted by Gasteiger charge is -2.26. The maximum Gasteiger partial charge on any atom is 0.0912 e. The predicted molar refractivity (Wildman–Crippen MR) is 116 cm³/mol. The van der Waals surface area contributed by atoms with Crippen molar-refractivity contribution in [3.05, 3.63) is 108 Å². The molecule has 0 saturated heterocycles. The Labute approximate surface area is 166 Å². The highest BCUT2D eigenvalue weighted by molar-refractivity contribution is 5.80. The predicted octanol–water partition coefficient (Wildman–Crippen LogP) is 4.42. The van der Waals surface area contributed by atoms with Crippen LogP contribution in [0.5, 0.6) is 0 Å². The number of hydrogen-bond donors (Lipinski definition) is 2. The molecule has 28 heavy (non-hydrogen) atoms. The van der Waals surface area contributed by atoms with Gasteiger partial charge in [-0.15, -0.1) is 0 Å². The third-order valence-electron chi connectivity index (χ3n) is 5.22. The van der Waals surface area contributed by atoms with Crippen molar-refractivity contribution in [2.24, 2.45) is 0 Å². The van der Waals surface area contributed by atoms with Crippen molar-refractivity contribution in [3.63, 3.8) is 0 Å². The van der Waals surface area contributed by atoms with Crippen LogP contribution >= 0.6 is 0 Å². The fraction of sp³-hybridized carbons (Fsp3) is 0.200. The van der Waals surface area contributed by atoms with Crippen LogP contribution in [0.4, 0.5) is 0 Å². The monoisotopic (exact) mass is 370 g/mol. The summed E-state index contributed by atoms with van der Waals surface area (Å²) >= 11 is 0. The van der Waals surface area contributed by atoms with Gasteiger partial charge in [0.05, 0.1) is 12.1 Å². The number of aromatic nitrogens is 1. The van der Waals surface area contributed by atoms with E-state index in [9.17, 15) is 5.11 Å². The minimum absolute atomic E-state index is 0.134. The number of nitrogens with one attached hydrogen (secondary N) is 1. The van der Waals surface area contributed by atoms with E-state index in [2.05, 4.69) is 70.7 Å². The number of benzene rings is 3. The molecule has 0 aliphatic carbocycles. The lowest BCUT2D eigenvalue weighted by molar-refractivity contribution is 0.130. The van der Waals surface area contributed by atoms with E-state index in [1.807, 2.05) is 36.4 Å². The molecule has 3 heteroatoms. The fourth-order valence-electron chi connectivity index (χ4n) is 3.80. The number of nitrogens with zero attached hydrogens (tertiary/aromatic N) is 1. The Morgan fingerprint density at radius 1 is 0.786 bits per heavy atom. The van der Waals surface area contributed by atoms with Gasteiger partial charge in [-0.2, -0.15) is 0 Å². The summed E-state index contributed by atoms with van der Waals surface area (Å²) in [6.45, 7) is 1.38. The SMILES string of the molecule is OC(CNCCc1ccccc1)C(c1ccccc1)n1ccc2ccccc21. The van der Waals surface area contributed by atoms with Crippen LogP contribution < -0.4 is 5.32 Å². The Morgan fingerprint density at radius 3 is 2.25 bits per heavy atom. The van der Waals surface area contributed by atoms with Gasteiger partial charge in [-0.25, -0.2) is 0 Å². The molecule has 4 rings (SSSR count). The summed E-state index contributed by atoms with van der Waals surface area (Å²) < 4.78 is 2.19. The molecule has 3 nitrogen and oxygen atoms in total. The molecule has 0 spiro atoms. The van der Waals surface area contributed by atoms with Crippen molar-refractivity contribution in [1.82, 2.24) is 9.88 Å². The van der Waals surface area contributed by atoms with Gasteiger partial charge in [0.2, 0.25) is 0 Å². The van der Waals surface area contributed by atoms with Gasteiger partial charge >= 0.3 is 0 Å². The number of aliphatic hydroxyl groups is 1. The third-order valence-corrected chi connectivity index (χ3v) is 5.22. The lowest BCUT2D eigenvalue weighted by Crippen LogP contribution is -2.35. The van der Waals surface area contributed by atoms with E-state index >= 15 is 0 Å². The summed E-state index contributed by atoms with van der Waals surface area (Å²) in [7, 11) is 0. The topological polar surface area (TPSA) is 37.2 Å². The van der Waals surface area contributed by atoms with Crippen LogP contribution in [0.15, 0.2) is 97.2 Å². The fourth-order valence-corrected chi connectivity index (χ4v) is 3.80. The number of fused-ring (bicyclic) bond motifs is 1. The van der Waals surface area contributed by atoms with Crippen LogP contribution in [-0.2, 0) is 6.42 Å². The summed E-state index contributed by atoms with van der Waals surface area (Å²) in [6.07, 6.45) is 2.50. The zero-order chi connectivity index (χ0) is 19.2. The summed E-state index contributed by atoms with van der Waals surface area (Å²) in [4.78, 5) is 0. The molecule has 2 atom stereocenters. The molecule has 0 bridgehead atoms. The van der Waals surface area contributed by atoms with E-state index in [-0.39, 0.29) is 6.04 Å². The summed E-state index contributed by atoms with van der Waals surface area (Å²) in [5.74, 6) is 0. The van der Waals surface area contributed by atoms with Crippen LogP contribution in [0, 0.1) is 0 Å². The second-order valence-corrected chi connectivity index (χ2v) is 7.14. The molecular weight excluding hydrogens is 344 g/mol. The first kappa shape index (κ1) is 18.5. The van der Waals surface area contributed by atoms with E-state index in [0.717, 1.165) is 24.0 Å². The van der Waals surface area contributed by atoms with E-state index in [0.29, 0.717) is 6.54 Å². The lowest BCUT2D eigenvalue weighted by atomic mass is 10.0. The zero-order valence-electron chi connectivity index (χ0n) is 15.9. The molecule has 1 aromatic heterocycles. The molecule has 142 valence electrons. The highest BCUT2D eigenvalue weighted by Crippen LogP contribution is 2.27. The second-order valence-electron chi connectivity index (χ2n) is 7.14. The maximum atomic E-state index is 11.1. The molecular formula is C25H26N2O. The summed E-state index contributed by atoms with van der Waals surface area (Å²) in [5, 5.41) is 15.7. The largest absolute Gasteiger partial charge is 0.389 e. The Hall–Kier alpha value is -2.88. The van der Waals surface area contributed by atoms with Gasteiger partial charge in [-0.1, -0.05) is 78.9 Å². The van der Waals surface area contributed by atoms with Crippen molar-refractivity contribution < 1.29 is 5.11 Å². The van der Waals surface area contributed by atoms with Gasteiger partial charge in [-0.3, -0.25) is 0 Å². The molecule has 0 saturated carbocycles. The van der Waals surface area contributed by atoms with Crippen molar-refractivity contribution in [2.75, 3.05) is 13.1 Å². The van der Waals surface area contributed by atoms with Gasteiger partial charge < -0.3 is 15.0 Å². The number of hydrogen-bond acceptors (Lipinski definition) is 2. The molecule has 0 aliphatic heterocycles. The van der Waals surface area contributed by atoms with E-state index < -0.39 is 6.10 Å². The highest BCUT2D eigenvalue weighted by Gasteiger charge is 2.23. The minimum atomic E-state index is -0.533. The summed E-state index contributed by atoms with van der Waals surface area (Å²) in [5.41, 5.74) is 3.56. The number of aliphatic hydroxyl groups excluding tert-OH is 1. The van der Waals surface area contributed by atoms with Crippen LogP contribution in [-0.4, -0.2) is 28.9 Å². The Balaban J connectivity index is 1.51. The quantitative estimate of drug-likeness (QED) is 0.451. The molecule has 0 amide bonds. The molecule has 4 aromatic rings. The molecule has 2 unspecified atom stereocenters. The Kier molecular flexibility index (Phi) is 5.86. The van der Waals surface area contributed by atoms with Crippen molar-refractivity contribution in [3.8, 4) is 0 Å². The van der Waals surface area contributed by atoms with Gasteiger partial charge in [-0.05, 0) is 41.6 Å². The minimum Gasteiger partial charge on any atom is -0.389 e. The smallest absolute Gasteiger partial charge is 0.0912 e. The van der Waals surface area contributed by atoms with Crippen molar-refractivity contribution >= 4 is 10.9 Å². The molecule has 0 fully saturated rings. The average molecular weight is 370 g/mol. The van der Waals surface area contributed by atoms with Gasteiger partial charge in [0.15, 0.2) is 0 Å². The van der Waals surface area contributed by atoms with E-state index in [1.54, 1.807) is 0 Å². The van der Waals surface area contributed by atoms with Crippen LogP contribution in [0.1, 0.15) is 17.2 Å². The molecule has 3 aromatic carbocycles. The average Bonchev–Trinajstić information content (AvgIpc) is 3.17. The number of para-hydroxylation sites is 1. The second kappa shape index (κ2) is 8.87. The molecule has 2 N–H and O–H groups in total. The standard InChI is InChI=1S/C25H26N2O/c28-24(19-26-17-15-20-9-3-1-4-10-20)25(22-12-5-2-6-13-22)27-18-16-21-11-7-8-14-23(21)27/h1-14,16,18,24-26,28H,15,17,19H2. The van der Waals surface area contributed by atoms with Crippen LogP contribution in [0.2, 0.25) is 0 Å². The van der Waals surface area contributed by atoms with E-state index in [1.165, 1.54) is 10.9 Å². The van der Waals surface area contributed by atoms with Crippen LogP contribution in [0.25, 0.3) is 10.9 Å². The molecule has 0 radical (unpaired) electrons. The normalized spacial score (nSPS) is 13.5. The first-order valence-corrected chi connectivity index (χ1v) is 9.86. The first-order valence-electron chi connectivity index (χ1n) is 9.86. The Morgan fingerprint density at radius 2 is 1.46 bits per heavy atom. The Bertz CT molecular complexity index is 995. The molecule has 1 heterocycles. The van der Waals surface area contributed by atoms with E-state index in [4.69, 9.17) is 0 Å². The van der Waals surface area contributed by atoms with Gasteiger partial charge in [0, 0.05) is 18.3 Å². The van der Waals surface area contributed by atoms with Crippen LogP contribution in [0.3, 0.4) is 0 Å². The highest BCUT2D eigenvalue weighted by atomic mass is 16.3. The van der Waals surface area contributed by atoms with Crippen molar-refractivity contribution in [2.45, 2.75) is 18.6 Å². The number of rotatable bonds is 8. The maximum absolute atomic E-state index is 11.1. The first-order chi connectivity index (χ1) is 13.8. The third kappa shape index (κ3) is 4.16. The van der Waals surface area contributed by atoms with Gasteiger partial charge in [0.25, 0.3) is 0 Å².